The molecule has 1 atom stereocenters. The van der Waals surface area contributed by atoms with Crippen LogP contribution >= 0.6 is 11.3 Å². The highest BCUT2D eigenvalue weighted by atomic mass is 32.1. The summed E-state index contributed by atoms with van der Waals surface area (Å²) in [4.78, 5) is 28.1. The van der Waals surface area contributed by atoms with Crippen LogP contribution in [0.3, 0.4) is 0 Å². The molecule has 3 aliphatic carbocycles. The van der Waals surface area contributed by atoms with E-state index >= 15 is 0 Å². The third-order valence-corrected chi connectivity index (χ3v) is 8.37. The fraction of sp³-hybridized carbons (Fsp3) is 0.172. The Bertz CT molecular complexity index is 1570. The van der Waals surface area contributed by atoms with Crippen LogP contribution in [0.15, 0.2) is 84.5 Å². The number of benzene rings is 2. The van der Waals surface area contributed by atoms with Gasteiger partial charge in [-0.2, -0.15) is 0 Å². The second kappa shape index (κ2) is 7.55. The lowest BCUT2D eigenvalue weighted by Crippen LogP contribution is -2.48. The maximum Gasteiger partial charge on any atom is 0.233 e. The first kappa shape index (κ1) is 20.5. The molecule has 170 valence electrons. The van der Waals surface area contributed by atoms with Crippen LogP contribution in [-0.2, 0) is 4.79 Å². The summed E-state index contributed by atoms with van der Waals surface area (Å²) in [7, 11) is 0. The van der Waals surface area contributed by atoms with Gasteiger partial charge in [-0.25, -0.2) is 4.98 Å². The number of fused-ring (bicyclic) bond motifs is 2. The minimum absolute atomic E-state index is 0.0288. The van der Waals surface area contributed by atoms with Gasteiger partial charge in [0.25, 0.3) is 0 Å². The van der Waals surface area contributed by atoms with Crippen LogP contribution in [0, 0.1) is 5.41 Å². The molecule has 0 saturated carbocycles. The number of rotatable bonds is 3. The van der Waals surface area contributed by atoms with Gasteiger partial charge in [-0.1, -0.05) is 54.6 Å². The minimum Gasteiger partial charge on any atom is -0.301 e. The number of hydrogen-bond donors (Lipinski definition) is 1. The Balaban J connectivity index is 1.24. The predicted octanol–water partition coefficient (Wildman–Crippen LogP) is 6.38. The lowest BCUT2D eigenvalue weighted by molar-refractivity contribution is -0.127. The third-order valence-electron chi connectivity index (χ3n) is 7.61. The molecule has 3 heterocycles. The number of carbonyl (C=O) groups is 1. The molecule has 6 heteroatoms. The highest BCUT2D eigenvalue weighted by Crippen LogP contribution is 2.60. The van der Waals surface area contributed by atoms with Crippen molar-refractivity contribution < 1.29 is 4.79 Å². The molecular weight excluding hydrogens is 452 g/mol. The summed E-state index contributed by atoms with van der Waals surface area (Å²) in [5.41, 5.74) is 5.66. The van der Waals surface area contributed by atoms with Crippen molar-refractivity contribution in [1.29, 1.82) is 0 Å². The normalized spacial score (nSPS) is 22.0. The van der Waals surface area contributed by atoms with Crippen molar-refractivity contribution in [3.8, 4) is 11.3 Å². The van der Waals surface area contributed by atoms with E-state index in [1.54, 1.807) is 0 Å². The van der Waals surface area contributed by atoms with Gasteiger partial charge < -0.3 is 5.32 Å². The SMILES string of the molecule is CC1(C(=O)Nc2nc(-c3cccc4ccccc34)cs2)CC2c3cccnc3C1c1ncccc12. The fourth-order valence-electron chi connectivity index (χ4n) is 5.96. The van der Waals surface area contributed by atoms with Crippen molar-refractivity contribution in [2.45, 2.75) is 25.2 Å². The fourth-order valence-corrected chi connectivity index (χ4v) is 6.67. The number of thiazole rings is 1. The summed E-state index contributed by atoms with van der Waals surface area (Å²) in [6, 6.07) is 22.8. The van der Waals surface area contributed by atoms with E-state index in [2.05, 4.69) is 48.6 Å². The number of carbonyl (C=O) groups excluding carboxylic acids is 1. The molecule has 8 rings (SSSR count). The molecule has 0 spiro atoms. The van der Waals surface area contributed by atoms with E-state index in [4.69, 9.17) is 15.0 Å². The lowest BCUT2D eigenvalue weighted by atomic mass is 9.55. The van der Waals surface area contributed by atoms with Crippen LogP contribution in [0.4, 0.5) is 5.13 Å². The molecule has 0 saturated heterocycles. The number of nitrogens with zero attached hydrogens (tertiary/aromatic N) is 3. The smallest absolute Gasteiger partial charge is 0.233 e. The van der Waals surface area contributed by atoms with E-state index in [1.807, 2.05) is 48.1 Å². The first-order chi connectivity index (χ1) is 17.1. The van der Waals surface area contributed by atoms with Crippen molar-refractivity contribution in [3.05, 3.63) is 107 Å². The molecule has 0 fully saturated rings. The number of anilines is 1. The summed E-state index contributed by atoms with van der Waals surface area (Å²) in [6.45, 7) is 2.05. The Morgan fingerprint density at radius 1 is 0.943 bits per heavy atom. The molecule has 5 nitrogen and oxygen atoms in total. The lowest BCUT2D eigenvalue weighted by Gasteiger charge is -2.48. The molecule has 35 heavy (non-hydrogen) atoms. The van der Waals surface area contributed by atoms with Crippen LogP contribution in [0.1, 0.15) is 47.7 Å². The van der Waals surface area contributed by atoms with Gasteiger partial charge >= 0.3 is 0 Å². The van der Waals surface area contributed by atoms with Gasteiger partial charge in [-0.15, -0.1) is 11.3 Å². The summed E-state index contributed by atoms with van der Waals surface area (Å²) in [5, 5.41) is 8.10. The maximum atomic E-state index is 13.9. The van der Waals surface area contributed by atoms with Crippen molar-refractivity contribution in [2.24, 2.45) is 5.41 Å². The summed E-state index contributed by atoms with van der Waals surface area (Å²) >= 11 is 1.46. The van der Waals surface area contributed by atoms with Crippen molar-refractivity contribution >= 4 is 33.1 Å². The zero-order valence-electron chi connectivity index (χ0n) is 19.1. The molecule has 5 aromatic rings. The molecule has 2 aromatic carbocycles. The van der Waals surface area contributed by atoms with Crippen LogP contribution in [0.25, 0.3) is 22.0 Å². The number of aromatic nitrogens is 3. The van der Waals surface area contributed by atoms with Gasteiger partial charge in [0.2, 0.25) is 5.91 Å². The second-order valence-corrected chi connectivity index (χ2v) is 10.4. The predicted molar refractivity (Wildman–Crippen MR) is 139 cm³/mol. The van der Waals surface area contributed by atoms with Gasteiger partial charge in [0.05, 0.1) is 28.4 Å². The molecular formula is C29H22N4OS. The molecule has 3 aliphatic rings. The van der Waals surface area contributed by atoms with E-state index < -0.39 is 5.41 Å². The van der Waals surface area contributed by atoms with E-state index in [0.717, 1.165) is 34.5 Å². The molecule has 3 aromatic heterocycles. The Labute approximate surface area is 206 Å². The summed E-state index contributed by atoms with van der Waals surface area (Å²) in [6.07, 6.45) is 4.36. The van der Waals surface area contributed by atoms with Gasteiger partial charge in [0.15, 0.2) is 5.13 Å². The topological polar surface area (TPSA) is 67.8 Å². The van der Waals surface area contributed by atoms with E-state index in [1.165, 1.54) is 27.8 Å². The van der Waals surface area contributed by atoms with Gasteiger partial charge in [0.1, 0.15) is 0 Å². The standard InChI is InChI=1S/C29H22N4OS/c1-29(15-22-20-11-5-13-30-25(20)24(29)26-21(22)12-6-14-31-26)27(34)33-28-32-23(16-35-28)19-10-4-8-17-7-2-3-9-18(17)19/h2-14,16,22,24H,15H2,1H3,(H,32,33,34). The van der Waals surface area contributed by atoms with Crippen LogP contribution in [-0.4, -0.2) is 20.9 Å². The van der Waals surface area contributed by atoms with E-state index in [0.29, 0.717) is 5.13 Å². The molecule has 2 bridgehead atoms. The Kier molecular flexibility index (Phi) is 4.42. The van der Waals surface area contributed by atoms with Crippen LogP contribution in [0.5, 0.6) is 0 Å². The molecule has 1 N–H and O–H groups in total. The number of hydrogen-bond acceptors (Lipinski definition) is 5. The molecule has 1 amide bonds. The maximum absolute atomic E-state index is 13.9. The van der Waals surface area contributed by atoms with Gasteiger partial charge in [0, 0.05) is 29.3 Å². The largest absolute Gasteiger partial charge is 0.301 e. The quantitative estimate of drug-likeness (QED) is 0.329. The van der Waals surface area contributed by atoms with E-state index in [9.17, 15) is 4.79 Å². The highest BCUT2D eigenvalue weighted by molar-refractivity contribution is 7.14. The monoisotopic (exact) mass is 474 g/mol. The van der Waals surface area contributed by atoms with Crippen molar-refractivity contribution in [2.75, 3.05) is 5.32 Å². The zero-order valence-corrected chi connectivity index (χ0v) is 19.9. The minimum atomic E-state index is -0.668. The van der Waals surface area contributed by atoms with Gasteiger partial charge in [-0.05, 0) is 47.4 Å². The summed E-state index contributed by atoms with van der Waals surface area (Å²) < 4.78 is 0. The number of amides is 1. The number of pyridine rings is 2. The summed E-state index contributed by atoms with van der Waals surface area (Å²) in [5.74, 6) is -0.0954. The Morgan fingerprint density at radius 3 is 2.43 bits per heavy atom. The van der Waals surface area contributed by atoms with Crippen LogP contribution in [0.2, 0.25) is 0 Å². The first-order valence-electron chi connectivity index (χ1n) is 11.8. The Morgan fingerprint density at radius 2 is 1.66 bits per heavy atom. The van der Waals surface area contributed by atoms with Gasteiger partial charge in [-0.3, -0.25) is 14.8 Å². The van der Waals surface area contributed by atoms with Crippen molar-refractivity contribution in [1.82, 2.24) is 15.0 Å². The third kappa shape index (κ3) is 2.99. The zero-order chi connectivity index (χ0) is 23.6. The molecule has 0 radical (unpaired) electrons. The highest BCUT2D eigenvalue weighted by Gasteiger charge is 2.55. The average molecular weight is 475 g/mol. The van der Waals surface area contributed by atoms with Crippen molar-refractivity contribution in [3.63, 3.8) is 0 Å². The average Bonchev–Trinajstić information content (AvgIpc) is 3.36. The first-order valence-corrected chi connectivity index (χ1v) is 12.7. The Hall–Kier alpha value is -3.90. The number of nitrogens with one attached hydrogen (secondary N) is 1. The van der Waals surface area contributed by atoms with Crippen LogP contribution < -0.4 is 5.32 Å². The molecule has 0 aliphatic heterocycles. The molecule has 1 unspecified atom stereocenters. The van der Waals surface area contributed by atoms with E-state index in [-0.39, 0.29) is 17.7 Å². The second-order valence-electron chi connectivity index (χ2n) is 9.58.